The van der Waals surface area contributed by atoms with E-state index in [0.717, 1.165) is 22.0 Å². The summed E-state index contributed by atoms with van der Waals surface area (Å²) in [5, 5.41) is 21.8. The largest absolute Gasteiger partial charge is 1.00 e. The third kappa shape index (κ3) is 2.51. The second-order valence-electron chi connectivity index (χ2n) is 5.29. The molecule has 0 amide bonds. The van der Waals surface area contributed by atoms with Crippen LogP contribution in [-0.4, -0.2) is 10.2 Å². The Hall–Kier alpha value is -2.59. The lowest BCUT2D eigenvalue weighted by atomic mass is 9.98. The van der Waals surface area contributed by atoms with Crippen LogP contribution in [0.4, 0.5) is 0 Å². The minimum atomic E-state index is -0.109. The summed E-state index contributed by atoms with van der Waals surface area (Å²) in [6.07, 6.45) is 3.76. The van der Waals surface area contributed by atoms with Crippen LogP contribution in [0, 0.1) is 0 Å². The van der Waals surface area contributed by atoms with Crippen molar-refractivity contribution in [3.05, 3.63) is 73.1 Å². The van der Waals surface area contributed by atoms with Crippen LogP contribution in [0.25, 0.3) is 27.4 Å². The molecule has 0 fully saturated rings. The van der Waals surface area contributed by atoms with Gasteiger partial charge in [-0.25, -0.2) is 0 Å². The van der Waals surface area contributed by atoms with Gasteiger partial charge >= 0.3 is 0 Å². The monoisotopic (exact) mass is 367 g/mol. The maximum atomic E-state index is 10.2. The summed E-state index contributed by atoms with van der Waals surface area (Å²) in [7, 11) is 0. The van der Waals surface area contributed by atoms with Gasteiger partial charge in [-0.2, -0.15) is 4.40 Å². The van der Waals surface area contributed by atoms with Gasteiger partial charge in [0, 0.05) is 23.6 Å². The number of phenols is 2. The number of hydrogen-bond acceptors (Lipinski definition) is 2. The number of fused-ring (bicyclic) bond motifs is 2. The van der Waals surface area contributed by atoms with Crippen molar-refractivity contribution in [2.24, 2.45) is 0 Å². The molecule has 2 heterocycles. The minimum absolute atomic E-state index is 0. The molecule has 0 aliphatic rings. The summed E-state index contributed by atoms with van der Waals surface area (Å²) in [6, 6.07) is 19.4. The van der Waals surface area contributed by atoms with E-state index in [1.807, 2.05) is 71.4 Å². The van der Waals surface area contributed by atoms with E-state index in [1.165, 1.54) is 0 Å². The maximum Gasteiger partial charge on any atom is 0.211 e. The second-order valence-corrected chi connectivity index (χ2v) is 5.29. The number of pyridine rings is 2. The summed E-state index contributed by atoms with van der Waals surface area (Å²) in [5.41, 5.74) is 2.93. The van der Waals surface area contributed by atoms with Crippen molar-refractivity contribution in [1.29, 1.82) is 0 Å². The van der Waals surface area contributed by atoms with Crippen LogP contribution in [0.3, 0.4) is 0 Å². The fourth-order valence-corrected chi connectivity index (χ4v) is 2.83. The number of halogens is 1. The van der Waals surface area contributed by atoms with Gasteiger partial charge in [-0.3, -0.25) is 0 Å². The number of aromatic nitrogens is 1. The van der Waals surface area contributed by atoms with Crippen LogP contribution in [0.5, 0.6) is 11.5 Å². The molecular formula is C19H14BrNO2. The molecule has 0 saturated carbocycles. The summed E-state index contributed by atoms with van der Waals surface area (Å²) in [5.74, 6) is -0.199. The van der Waals surface area contributed by atoms with Crippen LogP contribution in [-0.2, 0) is 0 Å². The molecule has 0 bridgehead atoms. The smallest absolute Gasteiger partial charge is 0.211 e. The van der Waals surface area contributed by atoms with E-state index in [2.05, 4.69) is 0 Å². The van der Waals surface area contributed by atoms with Crippen molar-refractivity contribution in [3.63, 3.8) is 0 Å². The molecule has 23 heavy (non-hydrogen) atoms. The predicted molar refractivity (Wildman–Crippen MR) is 85.9 cm³/mol. The molecule has 0 saturated heterocycles. The quantitative estimate of drug-likeness (QED) is 0.295. The van der Waals surface area contributed by atoms with Crippen LogP contribution in [0.15, 0.2) is 73.1 Å². The molecule has 114 valence electrons. The Morgan fingerprint density at radius 3 is 2.30 bits per heavy atom. The summed E-state index contributed by atoms with van der Waals surface area (Å²) >= 11 is 0. The van der Waals surface area contributed by atoms with Gasteiger partial charge in [-0.05, 0) is 23.3 Å². The third-order valence-corrected chi connectivity index (χ3v) is 3.93. The van der Waals surface area contributed by atoms with E-state index < -0.39 is 0 Å². The SMILES string of the molecule is Oc1cc(-c2ccccc2)c2cc3cccc[n+]3cc2c1O.[Br-]. The number of aromatic hydroxyl groups is 2. The van der Waals surface area contributed by atoms with Crippen molar-refractivity contribution in [2.45, 2.75) is 0 Å². The van der Waals surface area contributed by atoms with Gasteiger partial charge in [0.1, 0.15) is 0 Å². The molecule has 0 aliphatic carbocycles. The number of rotatable bonds is 1. The van der Waals surface area contributed by atoms with Gasteiger partial charge in [0.05, 0.1) is 5.39 Å². The van der Waals surface area contributed by atoms with Crippen LogP contribution >= 0.6 is 0 Å². The molecule has 0 radical (unpaired) electrons. The average molecular weight is 368 g/mol. The van der Waals surface area contributed by atoms with Gasteiger partial charge in [-0.15, -0.1) is 0 Å². The van der Waals surface area contributed by atoms with Crippen molar-refractivity contribution in [3.8, 4) is 22.6 Å². The standard InChI is InChI=1S/C19H13NO2.BrH/c21-18-11-15(13-6-2-1-3-7-13)16-10-14-8-4-5-9-20(14)12-17(16)19(18)22;/h1-12,21H;1H. The Balaban J connectivity index is 0.00000156. The molecule has 3 nitrogen and oxygen atoms in total. The Morgan fingerprint density at radius 2 is 1.52 bits per heavy atom. The summed E-state index contributed by atoms with van der Waals surface area (Å²) < 4.78 is 1.93. The zero-order valence-electron chi connectivity index (χ0n) is 12.1. The molecule has 2 N–H and O–H groups in total. The lowest BCUT2D eigenvalue weighted by Gasteiger charge is -2.09. The molecule has 4 rings (SSSR count). The predicted octanol–water partition coefficient (Wildman–Crippen LogP) is 0.661. The highest BCUT2D eigenvalue weighted by atomic mass is 79.9. The molecule has 4 aromatic rings. The molecule has 0 aliphatic heterocycles. The number of nitrogens with zero attached hydrogens (tertiary/aromatic N) is 1. The zero-order valence-corrected chi connectivity index (χ0v) is 13.7. The topological polar surface area (TPSA) is 44.6 Å². The number of hydrogen-bond donors (Lipinski definition) is 2. The highest BCUT2D eigenvalue weighted by Crippen LogP contribution is 2.40. The molecule has 0 unspecified atom stereocenters. The van der Waals surface area contributed by atoms with Crippen LogP contribution in [0.2, 0.25) is 0 Å². The Bertz CT molecular complexity index is 1000. The lowest BCUT2D eigenvalue weighted by Crippen LogP contribution is -3.00. The first kappa shape index (κ1) is 15.3. The lowest BCUT2D eigenvalue weighted by molar-refractivity contribution is -0.510. The fraction of sp³-hybridized carbons (Fsp3) is 0. The normalized spacial score (nSPS) is 10.6. The Morgan fingerprint density at radius 1 is 0.783 bits per heavy atom. The van der Waals surface area contributed by atoms with E-state index in [0.29, 0.717) is 5.39 Å². The number of benzene rings is 2. The van der Waals surface area contributed by atoms with Gasteiger partial charge in [0.15, 0.2) is 23.9 Å². The van der Waals surface area contributed by atoms with Crippen molar-refractivity contribution in [1.82, 2.24) is 0 Å². The third-order valence-electron chi connectivity index (χ3n) is 3.93. The van der Waals surface area contributed by atoms with Crippen molar-refractivity contribution in [2.75, 3.05) is 0 Å². The average Bonchev–Trinajstić information content (AvgIpc) is 2.57. The van der Waals surface area contributed by atoms with Gasteiger partial charge in [0.2, 0.25) is 5.52 Å². The van der Waals surface area contributed by atoms with Gasteiger partial charge in [-0.1, -0.05) is 30.3 Å². The Kier molecular flexibility index (Phi) is 3.92. The van der Waals surface area contributed by atoms with E-state index >= 15 is 0 Å². The molecule has 2 aromatic heterocycles. The molecule has 0 spiro atoms. The van der Waals surface area contributed by atoms with E-state index in [4.69, 9.17) is 0 Å². The molecule has 0 atom stereocenters. The van der Waals surface area contributed by atoms with Crippen molar-refractivity contribution < 1.29 is 31.6 Å². The first-order valence-corrected chi connectivity index (χ1v) is 7.08. The Labute approximate surface area is 143 Å². The van der Waals surface area contributed by atoms with Gasteiger partial charge in [0.25, 0.3) is 0 Å². The first-order valence-electron chi connectivity index (χ1n) is 7.08. The molecule has 4 heteroatoms. The summed E-state index contributed by atoms with van der Waals surface area (Å²) in [4.78, 5) is 0. The highest BCUT2D eigenvalue weighted by Gasteiger charge is 2.16. The van der Waals surface area contributed by atoms with Crippen LogP contribution < -0.4 is 21.4 Å². The van der Waals surface area contributed by atoms with Gasteiger partial charge < -0.3 is 27.2 Å². The second kappa shape index (κ2) is 5.89. The van der Waals surface area contributed by atoms with E-state index in [-0.39, 0.29) is 28.5 Å². The molecule has 2 aromatic carbocycles. The highest BCUT2D eigenvalue weighted by molar-refractivity contribution is 6.02. The first-order chi connectivity index (χ1) is 10.7. The van der Waals surface area contributed by atoms with Crippen LogP contribution in [0.1, 0.15) is 0 Å². The fourth-order valence-electron chi connectivity index (χ4n) is 2.83. The van der Waals surface area contributed by atoms with Crippen molar-refractivity contribution >= 4 is 16.3 Å². The number of phenolic OH excluding ortho intramolecular Hbond substituents is 2. The minimum Gasteiger partial charge on any atom is -1.00 e. The zero-order chi connectivity index (χ0) is 15.1. The summed E-state index contributed by atoms with van der Waals surface area (Å²) in [6.45, 7) is 0. The maximum absolute atomic E-state index is 10.2. The molecular weight excluding hydrogens is 354 g/mol. The van der Waals surface area contributed by atoms with E-state index in [9.17, 15) is 10.2 Å². The van der Waals surface area contributed by atoms with E-state index in [1.54, 1.807) is 6.07 Å².